The van der Waals surface area contributed by atoms with Crippen molar-refractivity contribution in [1.29, 1.82) is 0 Å². The molecule has 5 heteroatoms. The second-order valence-electron chi connectivity index (χ2n) is 2.53. The van der Waals surface area contributed by atoms with Crippen molar-refractivity contribution in [2.24, 2.45) is 0 Å². The van der Waals surface area contributed by atoms with Gasteiger partial charge in [-0.3, -0.25) is 14.9 Å². The first-order valence-electron chi connectivity index (χ1n) is 4.05. The number of nitrogens with zero attached hydrogens (tertiary/aromatic N) is 1. The van der Waals surface area contributed by atoms with Gasteiger partial charge in [-0.2, -0.15) is 0 Å². The monoisotopic (exact) mass is 211 g/mol. The van der Waals surface area contributed by atoms with Crippen LogP contribution in [0.1, 0.15) is 17.3 Å². The molecule has 4 nitrogen and oxygen atoms in total. The summed E-state index contributed by atoms with van der Waals surface area (Å²) in [6.07, 6.45) is 0.644. The minimum atomic E-state index is -0.507. The molecule has 1 rings (SSSR count). The zero-order valence-corrected chi connectivity index (χ0v) is 8.41. The Balaban J connectivity index is 3.11. The Labute approximate surface area is 85.5 Å². The summed E-state index contributed by atoms with van der Waals surface area (Å²) in [5.41, 5.74) is 0.332. The zero-order valence-electron chi connectivity index (χ0n) is 7.60. The molecule has 0 fully saturated rings. The predicted octanol–water partition coefficient (Wildman–Crippen LogP) is 2.52. The van der Waals surface area contributed by atoms with E-state index in [1.54, 1.807) is 6.07 Å². The Morgan fingerprint density at radius 3 is 2.79 bits per heavy atom. The average Bonchev–Trinajstić information content (AvgIpc) is 2.18. The van der Waals surface area contributed by atoms with E-state index in [1.807, 2.05) is 6.92 Å². The fraction of sp³-hybridized carbons (Fsp3) is 0.222. The molecule has 14 heavy (non-hydrogen) atoms. The van der Waals surface area contributed by atoms with Gasteiger partial charge in [0.2, 0.25) is 0 Å². The number of hydrogen-bond donors (Lipinski definition) is 0. The molecule has 0 spiro atoms. The van der Waals surface area contributed by atoms with Crippen molar-refractivity contribution >= 4 is 23.7 Å². The minimum Gasteiger partial charge on any atom is -0.298 e. The number of carbonyl (C=O) groups is 1. The Kier molecular flexibility index (Phi) is 3.64. The minimum absolute atomic E-state index is 0.0486. The molecule has 0 saturated carbocycles. The molecular formula is C9H9NO3S. The van der Waals surface area contributed by atoms with Crippen LogP contribution in [-0.4, -0.2) is 17.0 Å². The smallest absolute Gasteiger partial charge is 0.270 e. The summed E-state index contributed by atoms with van der Waals surface area (Å²) in [6, 6.07) is 4.31. The number of aldehydes is 1. The summed E-state index contributed by atoms with van der Waals surface area (Å²) in [6.45, 7) is 1.96. The van der Waals surface area contributed by atoms with Crippen molar-refractivity contribution in [3.63, 3.8) is 0 Å². The topological polar surface area (TPSA) is 60.2 Å². The number of benzene rings is 1. The quantitative estimate of drug-likeness (QED) is 0.332. The summed E-state index contributed by atoms with van der Waals surface area (Å²) in [7, 11) is 0. The lowest BCUT2D eigenvalue weighted by molar-refractivity contribution is -0.384. The summed E-state index contributed by atoms with van der Waals surface area (Å²) in [5.74, 6) is 0.832. The van der Waals surface area contributed by atoms with Gasteiger partial charge in [-0.1, -0.05) is 6.92 Å². The van der Waals surface area contributed by atoms with E-state index in [0.29, 0.717) is 11.8 Å². The summed E-state index contributed by atoms with van der Waals surface area (Å²) >= 11 is 1.49. The van der Waals surface area contributed by atoms with Gasteiger partial charge in [0.1, 0.15) is 0 Å². The van der Waals surface area contributed by atoms with Gasteiger partial charge in [0.15, 0.2) is 6.29 Å². The molecule has 1 aromatic rings. The lowest BCUT2D eigenvalue weighted by Crippen LogP contribution is -1.92. The lowest BCUT2D eigenvalue weighted by atomic mass is 10.2. The zero-order chi connectivity index (χ0) is 10.6. The maximum absolute atomic E-state index is 10.6. The first kappa shape index (κ1) is 10.7. The highest BCUT2D eigenvalue weighted by Gasteiger charge is 2.09. The lowest BCUT2D eigenvalue weighted by Gasteiger charge is -2.01. The highest BCUT2D eigenvalue weighted by atomic mass is 32.2. The van der Waals surface area contributed by atoms with E-state index in [0.717, 1.165) is 10.6 Å². The van der Waals surface area contributed by atoms with Gasteiger partial charge in [-0.25, -0.2) is 0 Å². The third-order valence-electron chi connectivity index (χ3n) is 1.63. The van der Waals surface area contributed by atoms with Gasteiger partial charge >= 0.3 is 0 Å². The molecule has 0 unspecified atom stereocenters. The van der Waals surface area contributed by atoms with Crippen LogP contribution in [0, 0.1) is 10.1 Å². The molecule has 0 atom stereocenters. The second kappa shape index (κ2) is 4.76. The molecular weight excluding hydrogens is 202 g/mol. The molecule has 0 aliphatic heterocycles. The van der Waals surface area contributed by atoms with Crippen molar-refractivity contribution in [1.82, 2.24) is 0 Å². The normalized spacial score (nSPS) is 9.79. The average molecular weight is 211 g/mol. The highest BCUT2D eigenvalue weighted by Crippen LogP contribution is 2.25. The van der Waals surface area contributed by atoms with E-state index in [1.165, 1.54) is 23.9 Å². The van der Waals surface area contributed by atoms with Crippen molar-refractivity contribution in [2.45, 2.75) is 11.8 Å². The van der Waals surface area contributed by atoms with E-state index in [2.05, 4.69) is 0 Å². The van der Waals surface area contributed by atoms with E-state index in [-0.39, 0.29) is 5.69 Å². The SMILES string of the molecule is CCSc1ccc([N+](=O)[O-])cc1C=O. The van der Waals surface area contributed by atoms with Gasteiger partial charge in [0, 0.05) is 22.6 Å². The van der Waals surface area contributed by atoms with Crippen LogP contribution in [0.4, 0.5) is 5.69 Å². The van der Waals surface area contributed by atoms with Crippen LogP contribution < -0.4 is 0 Å². The van der Waals surface area contributed by atoms with Crippen LogP contribution in [0.5, 0.6) is 0 Å². The Morgan fingerprint density at radius 2 is 2.29 bits per heavy atom. The predicted molar refractivity (Wildman–Crippen MR) is 54.9 cm³/mol. The molecule has 0 aromatic heterocycles. The van der Waals surface area contributed by atoms with Crippen molar-refractivity contribution < 1.29 is 9.72 Å². The van der Waals surface area contributed by atoms with Gasteiger partial charge in [-0.15, -0.1) is 11.8 Å². The summed E-state index contributed by atoms with van der Waals surface area (Å²) in [5, 5.41) is 10.4. The number of nitro groups is 1. The van der Waals surface area contributed by atoms with E-state index >= 15 is 0 Å². The molecule has 0 aliphatic rings. The third-order valence-corrected chi connectivity index (χ3v) is 2.60. The largest absolute Gasteiger partial charge is 0.298 e. The summed E-state index contributed by atoms with van der Waals surface area (Å²) in [4.78, 5) is 21.3. The molecule has 0 bridgehead atoms. The van der Waals surface area contributed by atoms with Crippen molar-refractivity contribution in [3.05, 3.63) is 33.9 Å². The van der Waals surface area contributed by atoms with Crippen molar-refractivity contribution in [3.8, 4) is 0 Å². The molecule has 0 N–H and O–H groups in total. The molecule has 0 radical (unpaired) electrons. The van der Waals surface area contributed by atoms with Crippen molar-refractivity contribution in [2.75, 3.05) is 5.75 Å². The number of thioether (sulfide) groups is 1. The number of nitro benzene ring substituents is 1. The van der Waals surface area contributed by atoms with E-state index < -0.39 is 4.92 Å². The Hall–Kier alpha value is -1.36. The number of rotatable bonds is 4. The maximum Gasteiger partial charge on any atom is 0.270 e. The van der Waals surface area contributed by atoms with E-state index in [9.17, 15) is 14.9 Å². The van der Waals surface area contributed by atoms with Gasteiger partial charge in [-0.05, 0) is 11.8 Å². The third kappa shape index (κ3) is 2.32. The molecule has 74 valence electrons. The molecule has 0 amide bonds. The van der Waals surface area contributed by atoms with Crippen LogP contribution in [0.15, 0.2) is 23.1 Å². The van der Waals surface area contributed by atoms with Crippen LogP contribution in [0.3, 0.4) is 0 Å². The fourth-order valence-electron chi connectivity index (χ4n) is 1.03. The Bertz CT molecular complexity index is 365. The molecule has 0 heterocycles. The first-order valence-corrected chi connectivity index (χ1v) is 5.04. The van der Waals surface area contributed by atoms with E-state index in [4.69, 9.17) is 0 Å². The second-order valence-corrected chi connectivity index (χ2v) is 3.84. The highest BCUT2D eigenvalue weighted by molar-refractivity contribution is 7.99. The van der Waals surface area contributed by atoms with Crippen LogP contribution in [-0.2, 0) is 0 Å². The number of hydrogen-bond acceptors (Lipinski definition) is 4. The fourth-order valence-corrected chi connectivity index (χ4v) is 1.78. The molecule has 0 aliphatic carbocycles. The number of non-ortho nitro benzene ring substituents is 1. The summed E-state index contributed by atoms with van der Waals surface area (Å²) < 4.78 is 0. The van der Waals surface area contributed by atoms with Crippen LogP contribution >= 0.6 is 11.8 Å². The standard InChI is InChI=1S/C9H9NO3S/c1-2-14-9-4-3-8(10(12)13)5-7(9)6-11/h3-6H,2H2,1H3. The Morgan fingerprint density at radius 1 is 1.57 bits per heavy atom. The van der Waals surface area contributed by atoms with Gasteiger partial charge < -0.3 is 0 Å². The van der Waals surface area contributed by atoms with Gasteiger partial charge in [0.25, 0.3) is 5.69 Å². The first-order chi connectivity index (χ1) is 6.69. The van der Waals surface area contributed by atoms with Gasteiger partial charge in [0.05, 0.1) is 4.92 Å². The van der Waals surface area contributed by atoms with Crippen LogP contribution in [0.2, 0.25) is 0 Å². The number of carbonyl (C=O) groups excluding carboxylic acids is 1. The maximum atomic E-state index is 10.6. The molecule has 1 aromatic carbocycles. The van der Waals surface area contributed by atoms with Crippen LogP contribution in [0.25, 0.3) is 0 Å². The molecule has 0 saturated heterocycles.